The molecule has 4 aromatic rings. The number of carbonyl (C=O) groups is 1. The first-order chi connectivity index (χ1) is 17.2. The van der Waals surface area contributed by atoms with Crippen molar-refractivity contribution in [3.63, 3.8) is 0 Å². The number of para-hydroxylation sites is 2. The standard InChI is InChI=1S/C24H18F3N5O4/c1-36-21-10-6-5-9-17(21)22-18(14-31(30-22)16-7-3-2-4-8-16)23(33)29-28-19-12-11-15(24(25,26)27)13-20(19)32(34)35/h2-14,28H,1H3,(H,29,33). The molecule has 0 aliphatic rings. The topological polar surface area (TPSA) is 111 Å². The normalized spacial score (nSPS) is 11.1. The van der Waals surface area contributed by atoms with Crippen LogP contribution in [0.1, 0.15) is 15.9 Å². The molecular weight excluding hydrogens is 479 g/mol. The lowest BCUT2D eigenvalue weighted by atomic mass is 10.1. The van der Waals surface area contributed by atoms with Crippen molar-refractivity contribution in [2.75, 3.05) is 12.5 Å². The van der Waals surface area contributed by atoms with Crippen LogP contribution in [-0.4, -0.2) is 27.7 Å². The molecule has 0 radical (unpaired) electrons. The van der Waals surface area contributed by atoms with Gasteiger partial charge in [0.1, 0.15) is 17.1 Å². The summed E-state index contributed by atoms with van der Waals surface area (Å²) in [6.07, 6.45) is -3.29. The molecule has 36 heavy (non-hydrogen) atoms. The number of hydrogen-bond donors (Lipinski definition) is 2. The van der Waals surface area contributed by atoms with Crippen molar-refractivity contribution in [1.82, 2.24) is 15.2 Å². The average molecular weight is 497 g/mol. The Bertz CT molecular complexity index is 1420. The quantitative estimate of drug-likeness (QED) is 0.267. The van der Waals surface area contributed by atoms with E-state index in [1.54, 1.807) is 48.5 Å². The number of methoxy groups -OCH3 is 1. The fourth-order valence-electron chi connectivity index (χ4n) is 3.45. The third-order valence-corrected chi connectivity index (χ3v) is 5.17. The molecule has 0 saturated carbocycles. The summed E-state index contributed by atoms with van der Waals surface area (Å²) in [5.74, 6) is -0.275. The summed E-state index contributed by atoms with van der Waals surface area (Å²) < 4.78 is 45.8. The van der Waals surface area contributed by atoms with Crippen molar-refractivity contribution >= 4 is 17.3 Å². The smallest absolute Gasteiger partial charge is 0.416 e. The maximum atomic E-state index is 13.1. The van der Waals surface area contributed by atoms with Gasteiger partial charge in [0, 0.05) is 17.8 Å². The van der Waals surface area contributed by atoms with Gasteiger partial charge in [0.2, 0.25) is 0 Å². The largest absolute Gasteiger partial charge is 0.496 e. The van der Waals surface area contributed by atoms with Crippen molar-refractivity contribution in [2.24, 2.45) is 0 Å². The van der Waals surface area contributed by atoms with E-state index < -0.39 is 28.3 Å². The number of rotatable bonds is 7. The van der Waals surface area contributed by atoms with Gasteiger partial charge in [-0.05, 0) is 36.4 Å². The van der Waals surface area contributed by atoms with E-state index in [1.165, 1.54) is 18.0 Å². The zero-order valence-corrected chi connectivity index (χ0v) is 18.6. The SMILES string of the molecule is COc1ccccc1-c1nn(-c2ccccc2)cc1C(=O)NNc1ccc(C(F)(F)F)cc1[N+](=O)[O-]. The minimum atomic E-state index is -4.76. The molecule has 0 spiro atoms. The number of aromatic nitrogens is 2. The van der Waals surface area contributed by atoms with E-state index in [0.717, 1.165) is 6.07 Å². The van der Waals surface area contributed by atoms with Crippen molar-refractivity contribution < 1.29 is 27.6 Å². The number of hydrazine groups is 1. The molecule has 4 rings (SSSR count). The molecule has 1 amide bonds. The summed E-state index contributed by atoms with van der Waals surface area (Å²) in [5.41, 5.74) is 3.83. The molecule has 12 heteroatoms. The molecule has 0 atom stereocenters. The van der Waals surface area contributed by atoms with E-state index in [0.29, 0.717) is 29.1 Å². The van der Waals surface area contributed by atoms with Gasteiger partial charge in [-0.2, -0.15) is 18.3 Å². The van der Waals surface area contributed by atoms with Crippen molar-refractivity contribution in [3.8, 4) is 22.7 Å². The predicted octanol–water partition coefficient (Wildman–Crippen LogP) is 5.23. The lowest BCUT2D eigenvalue weighted by molar-refractivity contribution is -0.384. The fourth-order valence-corrected chi connectivity index (χ4v) is 3.45. The lowest BCUT2D eigenvalue weighted by Crippen LogP contribution is -2.30. The lowest BCUT2D eigenvalue weighted by Gasteiger charge is -2.12. The van der Waals surface area contributed by atoms with E-state index in [2.05, 4.69) is 16.0 Å². The average Bonchev–Trinajstić information content (AvgIpc) is 3.32. The van der Waals surface area contributed by atoms with Gasteiger partial charge in [-0.3, -0.25) is 25.8 Å². The molecule has 9 nitrogen and oxygen atoms in total. The number of nitrogens with one attached hydrogen (secondary N) is 2. The molecule has 0 aliphatic heterocycles. The number of hydrogen-bond acceptors (Lipinski definition) is 6. The number of amides is 1. The Hall–Kier alpha value is -4.87. The number of halogens is 3. The van der Waals surface area contributed by atoms with Gasteiger partial charge < -0.3 is 4.74 Å². The van der Waals surface area contributed by atoms with Crippen LogP contribution in [-0.2, 0) is 6.18 Å². The van der Waals surface area contributed by atoms with Gasteiger partial charge in [0.05, 0.1) is 28.8 Å². The second kappa shape index (κ2) is 9.78. The van der Waals surface area contributed by atoms with Gasteiger partial charge in [-0.1, -0.05) is 30.3 Å². The Balaban J connectivity index is 1.69. The van der Waals surface area contributed by atoms with Gasteiger partial charge in [0.25, 0.3) is 11.6 Å². The van der Waals surface area contributed by atoms with Crippen LogP contribution < -0.4 is 15.6 Å². The molecule has 0 saturated heterocycles. The Morgan fingerprint density at radius 3 is 2.42 bits per heavy atom. The van der Waals surface area contributed by atoms with E-state index in [1.807, 2.05) is 6.07 Å². The Labute approximate surface area is 202 Å². The maximum Gasteiger partial charge on any atom is 0.416 e. The van der Waals surface area contributed by atoms with Gasteiger partial charge in [-0.15, -0.1) is 0 Å². The molecule has 0 unspecified atom stereocenters. The number of nitro groups is 1. The molecule has 0 aliphatic carbocycles. The van der Waals surface area contributed by atoms with Crippen LogP contribution in [0.3, 0.4) is 0 Å². The Kier molecular flexibility index (Phi) is 6.59. The molecule has 3 aromatic carbocycles. The zero-order valence-electron chi connectivity index (χ0n) is 18.6. The second-order valence-corrected chi connectivity index (χ2v) is 7.44. The summed E-state index contributed by atoms with van der Waals surface area (Å²) in [7, 11) is 1.47. The fraction of sp³-hybridized carbons (Fsp3) is 0.0833. The van der Waals surface area contributed by atoms with E-state index in [4.69, 9.17) is 4.74 Å². The molecular formula is C24H18F3N5O4. The van der Waals surface area contributed by atoms with Crippen LogP contribution in [0.4, 0.5) is 24.5 Å². The van der Waals surface area contributed by atoms with Gasteiger partial charge >= 0.3 is 6.18 Å². The second-order valence-electron chi connectivity index (χ2n) is 7.44. The molecule has 184 valence electrons. The monoisotopic (exact) mass is 497 g/mol. The maximum absolute atomic E-state index is 13.1. The number of nitrogens with zero attached hydrogens (tertiary/aromatic N) is 3. The molecule has 1 aromatic heterocycles. The van der Waals surface area contributed by atoms with Crippen LogP contribution in [0.2, 0.25) is 0 Å². The first-order valence-corrected chi connectivity index (χ1v) is 10.4. The van der Waals surface area contributed by atoms with Crippen LogP contribution in [0.5, 0.6) is 5.75 Å². The highest BCUT2D eigenvalue weighted by molar-refractivity contribution is 6.01. The van der Waals surface area contributed by atoms with E-state index in [-0.39, 0.29) is 16.9 Å². The summed E-state index contributed by atoms with van der Waals surface area (Å²) >= 11 is 0. The number of nitro benzene ring substituents is 1. The third-order valence-electron chi connectivity index (χ3n) is 5.17. The van der Waals surface area contributed by atoms with E-state index >= 15 is 0 Å². The summed E-state index contributed by atoms with van der Waals surface area (Å²) in [6, 6.07) is 17.8. The summed E-state index contributed by atoms with van der Waals surface area (Å²) in [5, 5.41) is 15.9. The van der Waals surface area contributed by atoms with Crippen LogP contribution in [0.25, 0.3) is 16.9 Å². The molecule has 0 fully saturated rings. The predicted molar refractivity (Wildman–Crippen MR) is 125 cm³/mol. The molecule has 0 bridgehead atoms. The highest BCUT2D eigenvalue weighted by Crippen LogP contribution is 2.35. The van der Waals surface area contributed by atoms with Crippen LogP contribution in [0, 0.1) is 10.1 Å². The highest BCUT2D eigenvalue weighted by atomic mass is 19.4. The van der Waals surface area contributed by atoms with Crippen LogP contribution in [0.15, 0.2) is 79.0 Å². The van der Waals surface area contributed by atoms with Crippen molar-refractivity contribution in [3.05, 3.63) is 100 Å². The first kappa shape index (κ1) is 24.3. The van der Waals surface area contributed by atoms with Gasteiger partial charge in [0.15, 0.2) is 0 Å². The number of anilines is 1. The first-order valence-electron chi connectivity index (χ1n) is 10.4. The number of alkyl halides is 3. The molecule has 1 heterocycles. The zero-order chi connectivity index (χ0) is 25.9. The summed E-state index contributed by atoms with van der Waals surface area (Å²) in [4.78, 5) is 23.5. The van der Waals surface area contributed by atoms with Crippen molar-refractivity contribution in [2.45, 2.75) is 6.18 Å². The number of carbonyl (C=O) groups excluding carboxylic acids is 1. The van der Waals surface area contributed by atoms with Crippen LogP contribution >= 0.6 is 0 Å². The number of benzene rings is 3. The Morgan fingerprint density at radius 1 is 1.06 bits per heavy atom. The minimum Gasteiger partial charge on any atom is -0.496 e. The third kappa shape index (κ3) is 4.97. The molecule has 2 N–H and O–H groups in total. The summed E-state index contributed by atoms with van der Waals surface area (Å²) in [6.45, 7) is 0. The highest BCUT2D eigenvalue weighted by Gasteiger charge is 2.33. The Morgan fingerprint density at radius 2 is 1.75 bits per heavy atom. The van der Waals surface area contributed by atoms with Crippen molar-refractivity contribution in [1.29, 1.82) is 0 Å². The number of ether oxygens (including phenoxy) is 1. The van der Waals surface area contributed by atoms with E-state index in [9.17, 15) is 28.1 Å². The van der Waals surface area contributed by atoms with Gasteiger partial charge in [-0.25, -0.2) is 4.68 Å². The minimum absolute atomic E-state index is 0.0883.